The fourth-order valence-corrected chi connectivity index (χ4v) is 14.5. The van der Waals surface area contributed by atoms with Gasteiger partial charge in [-0.25, -0.2) is 0 Å². The molecule has 12 aromatic carbocycles. The van der Waals surface area contributed by atoms with Gasteiger partial charge in [-0.15, -0.1) is 0 Å². The van der Waals surface area contributed by atoms with Crippen LogP contribution in [0.25, 0.3) is 86.2 Å². The number of hydrogen-bond donors (Lipinski definition) is 1. The molecule has 0 aromatic heterocycles. The second-order valence-electron chi connectivity index (χ2n) is 32.7. The monoisotopic (exact) mass is 1350 g/mol. The third-order valence-electron chi connectivity index (χ3n) is 21.5. The van der Waals surface area contributed by atoms with Gasteiger partial charge in [0.2, 0.25) is 0 Å². The predicted octanol–water partition coefficient (Wildman–Crippen LogP) is 23.7. The van der Waals surface area contributed by atoms with Crippen LogP contribution in [0.3, 0.4) is 0 Å². The largest absolute Gasteiger partial charge is 0.481 e. The van der Waals surface area contributed by atoms with E-state index in [2.05, 4.69) is 297 Å². The van der Waals surface area contributed by atoms with Gasteiger partial charge in [-0.2, -0.15) is 0 Å². The van der Waals surface area contributed by atoms with E-state index in [0.29, 0.717) is 19.3 Å². The molecule has 0 unspecified atom stereocenters. The molecule has 1 saturated carbocycles. The molecule has 101 heavy (non-hydrogen) atoms. The molecule has 0 atom stereocenters. The van der Waals surface area contributed by atoms with Crippen LogP contribution in [0.1, 0.15) is 187 Å². The first-order chi connectivity index (χ1) is 47.6. The fraction of sp³-hybridized carbons (Fsp3) is 0.355. The van der Waals surface area contributed by atoms with E-state index in [0.717, 1.165) is 43.2 Å². The van der Waals surface area contributed by atoms with E-state index in [4.69, 9.17) is 19.3 Å². The summed E-state index contributed by atoms with van der Waals surface area (Å²) in [5, 5.41) is 28.9. The summed E-state index contributed by atoms with van der Waals surface area (Å²) in [4.78, 5) is 46.0. The lowest BCUT2D eigenvalue weighted by atomic mass is 9.68. The molecule has 1 aliphatic carbocycles. The number of hydrogen-bond acceptors (Lipinski definition) is 7. The molecular weight excluding hydrogens is 1250 g/mol. The smallest absolute Gasteiger partial charge is 0.308 e. The Balaban J connectivity index is 0.000000145. The van der Waals surface area contributed by atoms with Gasteiger partial charge in [0.25, 0.3) is 0 Å². The summed E-state index contributed by atoms with van der Waals surface area (Å²) in [7, 11) is 4.37. The predicted molar refractivity (Wildman–Crippen MR) is 423 cm³/mol. The summed E-state index contributed by atoms with van der Waals surface area (Å²) in [5.74, 6) is -1.05. The molecule has 8 heteroatoms. The summed E-state index contributed by atoms with van der Waals surface area (Å²) in [6, 6.07) is 73.1. The molecule has 0 radical (unpaired) electrons. The number of esters is 3. The molecule has 1 fully saturated rings. The van der Waals surface area contributed by atoms with E-state index in [1.807, 2.05) is 0 Å². The van der Waals surface area contributed by atoms with Crippen LogP contribution in [0.15, 0.2) is 200 Å². The number of fused-ring (bicyclic) bond motifs is 8. The maximum absolute atomic E-state index is 11.8. The Morgan fingerprint density at radius 1 is 0.386 bits per heavy atom. The lowest BCUT2D eigenvalue weighted by Crippen LogP contribution is -2.32. The zero-order chi connectivity index (χ0) is 73.0. The highest BCUT2D eigenvalue weighted by Crippen LogP contribution is 2.44. The first kappa shape index (κ1) is 74.3. The van der Waals surface area contributed by atoms with Crippen LogP contribution in [0.5, 0.6) is 0 Å². The zero-order valence-corrected chi connectivity index (χ0v) is 62.8. The second kappa shape index (κ2) is 30.0. The third-order valence-corrected chi connectivity index (χ3v) is 21.5. The Kier molecular flexibility index (Phi) is 22.1. The molecule has 8 nitrogen and oxygen atoms in total. The summed E-state index contributed by atoms with van der Waals surface area (Å²) in [5.41, 5.74) is 8.81. The molecule has 0 heterocycles. The van der Waals surface area contributed by atoms with Gasteiger partial charge in [-0.3, -0.25) is 19.2 Å². The first-order valence-corrected chi connectivity index (χ1v) is 35.9. The molecule has 0 saturated heterocycles. The van der Waals surface area contributed by atoms with Crippen molar-refractivity contribution in [2.75, 3.05) is 21.3 Å². The van der Waals surface area contributed by atoms with Crippen LogP contribution >= 0.6 is 0 Å². The van der Waals surface area contributed by atoms with Crippen molar-refractivity contribution in [2.45, 2.75) is 187 Å². The maximum atomic E-state index is 11.8. The summed E-state index contributed by atoms with van der Waals surface area (Å²) in [6.45, 7) is 30.6. The number of ether oxygens (including phenoxy) is 3. The molecular formula is C93H104O8. The highest BCUT2D eigenvalue weighted by atomic mass is 16.5. The quantitative estimate of drug-likeness (QED) is 0.0689. The Labute approximate surface area is 598 Å². The van der Waals surface area contributed by atoms with Crippen molar-refractivity contribution in [1.29, 1.82) is 0 Å². The Morgan fingerprint density at radius 3 is 1.08 bits per heavy atom. The van der Waals surface area contributed by atoms with E-state index in [1.54, 1.807) is 0 Å². The summed E-state index contributed by atoms with van der Waals surface area (Å²) in [6.07, 6.45) is 6.46. The minimum atomic E-state index is -0.717. The van der Waals surface area contributed by atoms with E-state index in [9.17, 15) is 19.2 Å². The van der Waals surface area contributed by atoms with Gasteiger partial charge in [0.1, 0.15) is 0 Å². The SMILES string of the molecule is COC(=O)C1CCC(C)(c2ccc3cc4ccccc4cc3c2)CC1.COC(=O)CC(C)(C)c1ccc2cc3cc(C(C)(C)C)ccc3cc2c1.COC(=O)CC(C)(C)c1ccc2cc3ccc(C(C)(C)C)cc3cc2c1.Cc1ccc2cc3cc(C(C)(C)CCCC(=O)O)ccc3cc2c1. The van der Waals surface area contributed by atoms with Crippen molar-refractivity contribution < 1.29 is 38.5 Å². The van der Waals surface area contributed by atoms with Crippen LogP contribution in [0, 0.1) is 12.8 Å². The van der Waals surface area contributed by atoms with Gasteiger partial charge in [-0.05, 0) is 235 Å². The van der Waals surface area contributed by atoms with Crippen molar-refractivity contribution in [3.63, 3.8) is 0 Å². The van der Waals surface area contributed by atoms with Gasteiger partial charge < -0.3 is 19.3 Å². The van der Waals surface area contributed by atoms with Gasteiger partial charge in [0.15, 0.2) is 0 Å². The minimum Gasteiger partial charge on any atom is -0.481 e. The molecule has 0 aliphatic heterocycles. The molecule has 1 aliphatic rings. The van der Waals surface area contributed by atoms with Gasteiger partial charge in [0, 0.05) is 17.3 Å². The van der Waals surface area contributed by atoms with Crippen LogP contribution in [0.4, 0.5) is 0 Å². The number of carbonyl (C=O) groups excluding carboxylic acids is 3. The van der Waals surface area contributed by atoms with Crippen LogP contribution in [-0.4, -0.2) is 50.3 Å². The summed E-state index contributed by atoms with van der Waals surface area (Å²) >= 11 is 0. The Hall–Kier alpha value is -9.40. The standard InChI is InChI=1S/2C24H28O2.C23H24O2.C22H24O2/c1-23(2,3)20-9-7-16-12-19-14-21(24(4,5)15-22(25)26-6)10-8-17(19)11-18(16)13-20;1-23(2,3)20-9-7-16-11-17-8-10-21(14-19(17)12-18(16)13-20)24(4,5)15-22(25)26-6;1-23(11-9-16(10-12-23)22(24)25-2)21-8-7-19-13-17-5-3-4-6-18(17)14-20(19)15-21;1-15-6-7-16-13-19-14-20(9-8-17(19)12-18(16)11-15)22(2,3)10-4-5-21(23)24/h2*7-14H,15H2,1-6H3;3-8,13-16H,9-12H2,1-2H3;6-9,11-14H,4-5,10H2,1-3H3,(H,23,24). The number of carbonyl (C=O) groups is 4. The number of benzene rings is 12. The van der Waals surface area contributed by atoms with Gasteiger partial charge in [0.05, 0.1) is 40.1 Å². The lowest BCUT2D eigenvalue weighted by molar-refractivity contribution is -0.147. The average Bonchev–Trinajstić information content (AvgIpc) is 0.792. The Morgan fingerprint density at radius 2 is 0.703 bits per heavy atom. The topological polar surface area (TPSA) is 116 Å². The van der Waals surface area contributed by atoms with Gasteiger partial charge in [-0.1, -0.05) is 247 Å². The zero-order valence-electron chi connectivity index (χ0n) is 62.8. The molecule has 0 bridgehead atoms. The van der Waals surface area contributed by atoms with Crippen molar-refractivity contribution in [1.82, 2.24) is 0 Å². The highest BCUT2D eigenvalue weighted by molar-refractivity contribution is 6.02. The number of carboxylic acid groups (broad SMARTS) is 1. The number of methoxy groups -OCH3 is 3. The number of carboxylic acids is 1. The van der Waals surface area contributed by atoms with Crippen LogP contribution < -0.4 is 0 Å². The second-order valence-corrected chi connectivity index (χ2v) is 32.7. The number of aryl methyl sites for hydroxylation is 1. The van der Waals surface area contributed by atoms with Crippen LogP contribution in [-0.2, 0) is 65.9 Å². The molecule has 1 N–H and O–H groups in total. The third kappa shape index (κ3) is 17.9. The molecule has 13 rings (SSSR count). The highest BCUT2D eigenvalue weighted by Gasteiger charge is 2.36. The van der Waals surface area contributed by atoms with Crippen molar-refractivity contribution in [3.05, 3.63) is 239 Å². The minimum absolute atomic E-state index is 0.0220. The molecule has 0 spiro atoms. The summed E-state index contributed by atoms with van der Waals surface area (Å²) < 4.78 is 14.6. The lowest BCUT2D eigenvalue weighted by Gasteiger charge is -2.37. The van der Waals surface area contributed by atoms with Crippen LogP contribution in [0.2, 0.25) is 0 Å². The number of aliphatic carboxylic acids is 1. The average molecular weight is 1350 g/mol. The molecule has 524 valence electrons. The molecule has 0 amide bonds. The normalized spacial score (nSPS) is 15.2. The maximum Gasteiger partial charge on any atom is 0.308 e. The van der Waals surface area contributed by atoms with Gasteiger partial charge >= 0.3 is 23.9 Å². The van der Waals surface area contributed by atoms with E-state index < -0.39 is 5.97 Å². The van der Waals surface area contributed by atoms with E-state index in [1.165, 1.54) is 135 Å². The Bertz CT molecular complexity index is 5060. The van der Waals surface area contributed by atoms with E-state index in [-0.39, 0.29) is 62.7 Å². The van der Waals surface area contributed by atoms with Crippen molar-refractivity contribution in [3.8, 4) is 0 Å². The van der Waals surface area contributed by atoms with Crippen molar-refractivity contribution in [2.24, 2.45) is 5.92 Å². The first-order valence-electron chi connectivity index (χ1n) is 35.9. The molecule has 12 aromatic rings. The van der Waals surface area contributed by atoms with E-state index >= 15 is 0 Å². The fourth-order valence-electron chi connectivity index (χ4n) is 14.5. The number of rotatable bonds is 13. The van der Waals surface area contributed by atoms with Crippen molar-refractivity contribution >= 4 is 110 Å².